The van der Waals surface area contributed by atoms with Crippen molar-refractivity contribution >= 4 is 40.7 Å². The topological polar surface area (TPSA) is 72.7 Å². The second-order valence-electron chi connectivity index (χ2n) is 9.92. The highest BCUT2D eigenvalue weighted by molar-refractivity contribution is 6.30. The number of carbonyl (C=O) groups is 2. The number of esters is 1. The molecule has 1 unspecified atom stereocenters. The van der Waals surface area contributed by atoms with Gasteiger partial charge in [0.15, 0.2) is 0 Å². The number of benzene rings is 3. The smallest absolute Gasteiger partial charge is 0.332 e. The zero-order valence-electron chi connectivity index (χ0n) is 21.7. The van der Waals surface area contributed by atoms with Crippen LogP contribution in [0.1, 0.15) is 28.5 Å². The molecule has 1 aliphatic rings. The summed E-state index contributed by atoms with van der Waals surface area (Å²) in [6.45, 7) is 1.97. The van der Waals surface area contributed by atoms with Crippen molar-refractivity contribution in [3.05, 3.63) is 118 Å². The van der Waals surface area contributed by atoms with Crippen LogP contribution >= 0.6 is 23.2 Å². The molecule has 8 heteroatoms. The molecule has 6 nitrogen and oxygen atoms in total. The highest BCUT2D eigenvalue weighted by Gasteiger charge is 2.47. The van der Waals surface area contributed by atoms with Crippen molar-refractivity contribution in [1.29, 1.82) is 0 Å². The fraction of sp³-hybridized carbons (Fsp3) is 0.156. The number of fused-ring (bicyclic) bond motifs is 2. The number of hydrogen-bond donors (Lipinski definition) is 1. The van der Waals surface area contributed by atoms with E-state index >= 15 is 0 Å². The Morgan fingerprint density at radius 1 is 0.825 bits per heavy atom. The maximum atomic E-state index is 13.5. The molecule has 6 rings (SSSR count). The van der Waals surface area contributed by atoms with Gasteiger partial charge in [-0.1, -0.05) is 65.7 Å². The van der Waals surface area contributed by atoms with Gasteiger partial charge in [0, 0.05) is 35.3 Å². The molecule has 2 aromatic heterocycles. The molecule has 0 bridgehead atoms. The third-order valence-corrected chi connectivity index (χ3v) is 7.75. The maximum absolute atomic E-state index is 13.5. The number of amides is 1. The van der Waals surface area contributed by atoms with E-state index in [9.17, 15) is 9.59 Å². The summed E-state index contributed by atoms with van der Waals surface area (Å²) >= 11 is 12.1. The van der Waals surface area contributed by atoms with Crippen LogP contribution in [0, 0.1) is 0 Å². The molecule has 2 heterocycles. The molecule has 0 aliphatic heterocycles. The van der Waals surface area contributed by atoms with Crippen LogP contribution in [-0.4, -0.2) is 33.4 Å². The van der Waals surface area contributed by atoms with Gasteiger partial charge in [-0.15, -0.1) is 0 Å². The minimum atomic E-state index is -1.22. The van der Waals surface area contributed by atoms with Crippen LogP contribution in [0.2, 0.25) is 10.0 Å². The Bertz CT molecular complexity index is 1750. The largest absolute Gasteiger partial charge is 0.464 e. The van der Waals surface area contributed by atoms with Gasteiger partial charge in [0.05, 0.1) is 6.61 Å². The van der Waals surface area contributed by atoms with Crippen LogP contribution in [-0.2, 0) is 22.4 Å². The van der Waals surface area contributed by atoms with Gasteiger partial charge in [-0.3, -0.25) is 4.79 Å². The zero-order valence-corrected chi connectivity index (χ0v) is 23.2. The van der Waals surface area contributed by atoms with E-state index in [-0.39, 0.29) is 12.3 Å². The van der Waals surface area contributed by atoms with Crippen LogP contribution in [0.5, 0.6) is 0 Å². The lowest BCUT2D eigenvalue weighted by Crippen LogP contribution is -2.56. The standard InChI is InChI=1S/C32H25Cl2N3O3/c1-2-40-31(39)32(16-23-4-3-22(15-25(23)17-32)20-5-10-26(33)11-6-20)36-30(38)28-19-37-18-24(9-14-29(37)35-28)21-7-12-27(34)13-8-21/h3-15,18-19H,2,16-17H2,1H3,(H,36,38). The Morgan fingerprint density at radius 3 is 2.10 bits per heavy atom. The fourth-order valence-corrected chi connectivity index (χ4v) is 5.50. The van der Waals surface area contributed by atoms with Crippen LogP contribution in [0.3, 0.4) is 0 Å². The van der Waals surface area contributed by atoms with Gasteiger partial charge in [0.2, 0.25) is 0 Å². The van der Waals surface area contributed by atoms with Crippen LogP contribution in [0.4, 0.5) is 0 Å². The van der Waals surface area contributed by atoms with Crippen LogP contribution in [0.25, 0.3) is 27.9 Å². The predicted octanol–water partition coefficient (Wildman–Crippen LogP) is 6.81. The van der Waals surface area contributed by atoms with Gasteiger partial charge in [-0.25, -0.2) is 9.78 Å². The van der Waals surface area contributed by atoms with Crippen molar-refractivity contribution in [1.82, 2.24) is 14.7 Å². The van der Waals surface area contributed by atoms with Crippen LogP contribution < -0.4 is 5.32 Å². The van der Waals surface area contributed by atoms with Gasteiger partial charge in [-0.2, -0.15) is 0 Å². The summed E-state index contributed by atoms with van der Waals surface area (Å²) in [7, 11) is 0. The maximum Gasteiger partial charge on any atom is 0.332 e. The number of halogens is 2. The lowest BCUT2D eigenvalue weighted by molar-refractivity contribution is -0.150. The van der Waals surface area contributed by atoms with E-state index in [0.717, 1.165) is 33.4 Å². The summed E-state index contributed by atoms with van der Waals surface area (Å²) < 4.78 is 7.26. The van der Waals surface area contributed by atoms with Crippen molar-refractivity contribution in [3.63, 3.8) is 0 Å². The van der Waals surface area contributed by atoms with Crippen molar-refractivity contribution in [2.75, 3.05) is 6.61 Å². The minimum absolute atomic E-state index is 0.213. The van der Waals surface area contributed by atoms with Crippen LogP contribution in [0.15, 0.2) is 91.3 Å². The van der Waals surface area contributed by atoms with E-state index in [4.69, 9.17) is 27.9 Å². The monoisotopic (exact) mass is 569 g/mol. The van der Waals surface area contributed by atoms with Gasteiger partial charge < -0.3 is 14.5 Å². The summed E-state index contributed by atoms with van der Waals surface area (Å²) in [5.41, 5.74) is 5.58. The number of pyridine rings is 1. The van der Waals surface area contributed by atoms with Crippen molar-refractivity contribution in [2.45, 2.75) is 25.3 Å². The first kappa shape index (κ1) is 26.1. The van der Waals surface area contributed by atoms with E-state index in [1.165, 1.54) is 0 Å². The first-order valence-electron chi connectivity index (χ1n) is 13.0. The quantitative estimate of drug-likeness (QED) is 0.228. The number of aromatic nitrogens is 2. The summed E-state index contributed by atoms with van der Waals surface area (Å²) in [5.74, 6) is -0.892. The van der Waals surface area contributed by atoms with E-state index in [0.29, 0.717) is 28.5 Å². The highest BCUT2D eigenvalue weighted by Crippen LogP contribution is 2.35. The third kappa shape index (κ3) is 4.96. The second-order valence-corrected chi connectivity index (χ2v) is 10.8. The zero-order chi connectivity index (χ0) is 27.9. The average Bonchev–Trinajstić information content (AvgIpc) is 3.55. The molecule has 0 saturated carbocycles. The Morgan fingerprint density at radius 2 is 1.43 bits per heavy atom. The van der Waals surface area contributed by atoms with Gasteiger partial charge in [0.25, 0.3) is 5.91 Å². The number of rotatable bonds is 6. The molecule has 200 valence electrons. The average molecular weight is 570 g/mol. The number of imidazole rings is 1. The molecule has 40 heavy (non-hydrogen) atoms. The predicted molar refractivity (Wildman–Crippen MR) is 157 cm³/mol. The lowest BCUT2D eigenvalue weighted by atomic mass is 9.95. The molecular formula is C32H25Cl2N3O3. The molecule has 1 atom stereocenters. The molecule has 0 radical (unpaired) electrons. The molecule has 5 aromatic rings. The van der Waals surface area contributed by atoms with E-state index in [2.05, 4.69) is 16.4 Å². The van der Waals surface area contributed by atoms with Gasteiger partial charge in [-0.05, 0) is 76.7 Å². The van der Waals surface area contributed by atoms with E-state index in [1.54, 1.807) is 17.5 Å². The summed E-state index contributed by atoms with van der Waals surface area (Å²) in [6.07, 6.45) is 4.24. The first-order chi connectivity index (χ1) is 19.3. The Labute approximate surface area is 241 Å². The third-order valence-electron chi connectivity index (χ3n) is 7.25. The molecular weight excluding hydrogens is 545 g/mol. The lowest BCUT2D eigenvalue weighted by Gasteiger charge is -2.27. The summed E-state index contributed by atoms with van der Waals surface area (Å²) in [4.78, 5) is 31.3. The second kappa shape index (κ2) is 10.5. The number of nitrogens with one attached hydrogen (secondary N) is 1. The summed E-state index contributed by atoms with van der Waals surface area (Å²) in [6, 6.07) is 25.0. The number of hydrogen-bond acceptors (Lipinski definition) is 4. The Balaban J connectivity index is 1.28. The number of ether oxygens (including phenoxy) is 1. The molecule has 0 saturated heterocycles. The van der Waals surface area contributed by atoms with Gasteiger partial charge in [0.1, 0.15) is 16.9 Å². The van der Waals surface area contributed by atoms with E-state index in [1.807, 2.05) is 79.0 Å². The molecule has 0 fully saturated rings. The van der Waals surface area contributed by atoms with Gasteiger partial charge >= 0.3 is 5.97 Å². The van der Waals surface area contributed by atoms with Crippen molar-refractivity contribution < 1.29 is 14.3 Å². The Kier molecular flexibility index (Phi) is 6.82. The number of nitrogens with zero attached hydrogens (tertiary/aromatic N) is 2. The SMILES string of the molecule is CCOC(=O)C1(NC(=O)c2cn3cc(-c4ccc(Cl)cc4)ccc3n2)Cc2ccc(-c3ccc(Cl)cc3)cc2C1. The number of carbonyl (C=O) groups excluding carboxylic acids is 2. The molecule has 1 N–H and O–H groups in total. The molecule has 1 aliphatic carbocycles. The molecule has 0 spiro atoms. The minimum Gasteiger partial charge on any atom is -0.464 e. The van der Waals surface area contributed by atoms with E-state index < -0.39 is 17.4 Å². The highest BCUT2D eigenvalue weighted by atomic mass is 35.5. The Hall–Kier alpha value is -4.13. The molecule has 3 aromatic carbocycles. The first-order valence-corrected chi connectivity index (χ1v) is 13.7. The molecule has 1 amide bonds. The van der Waals surface area contributed by atoms with Crippen molar-refractivity contribution in [3.8, 4) is 22.3 Å². The summed E-state index contributed by atoms with van der Waals surface area (Å²) in [5, 5.41) is 4.33. The van der Waals surface area contributed by atoms with Crippen molar-refractivity contribution in [2.24, 2.45) is 0 Å². The normalized spacial score (nSPS) is 16.1. The fourth-order valence-electron chi connectivity index (χ4n) is 5.25.